The van der Waals surface area contributed by atoms with E-state index in [9.17, 15) is 14.3 Å². The average Bonchev–Trinajstić information content (AvgIpc) is 3.02. The van der Waals surface area contributed by atoms with Crippen LogP contribution in [0.2, 0.25) is 0 Å². The maximum Gasteiger partial charge on any atom is 0.335 e. The Bertz CT molecular complexity index is 993. The van der Waals surface area contributed by atoms with Crippen LogP contribution in [0.5, 0.6) is 0 Å². The van der Waals surface area contributed by atoms with E-state index in [0.717, 1.165) is 16.7 Å². The van der Waals surface area contributed by atoms with Crippen LogP contribution in [-0.2, 0) is 0 Å². The second-order valence-electron chi connectivity index (χ2n) is 6.08. The summed E-state index contributed by atoms with van der Waals surface area (Å²) in [5, 5.41) is 13.3. The van der Waals surface area contributed by atoms with Crippen LogP contribution < -0.4 is 0 Å². The van der Waals surface area contributed by atoms with Crippen molar-refractivity contribution in [1.29, 1.82) is 0 Å². The van der Waals surface area contributed by atoms with E-state index in [4.69, 9.17) is 4.52 Å². The summed E-state index contributed by atoms with van der Waals surface area (Å²) in [7, 11) is 0. The Labute approximate surface area is 144 Å². The number of benzene rings is 2. The fourth-order valence-electron chi connectivity index (χ4n) is 2.79. The van der Waals surface area contributed by atoms with Gasteiger partial charge in [-0.1, -0.05) is 11.2 Å². The smallest absolute Gasteiger partial charge is 0.335 e. The number of aryl methyl sites for hydroxylation is 2. The third-order valence-corrected chi connectivity index (χ3v) is 4.35. The zero-order valence-electron chi connectivity index (χ0n) is 14.3. The van der Waals surface area contributed by atoms with E-state index < -0.39 is 11.8 Å². The van der Waals surface area contributed by atoms with Gasteiger partial charge in [-0.15, -0.1) is 0 Å². The lowest BCUT2D eigenvalue weighted by atomic mass is 9.98. The third kappa shape index (κ3) is 2.91. The maximum absolute atomic E-state index is 14.2. The minimum absolute atomic E-state index is 0.0754. The third-order valence-electron chi connectivity index (χ3n) is 4.35. The number of rotatable bonds is 3. The molecule has 0 amide bonds. The normalized spacial score (nSPS) is 10.9. The first-order chi connectivity index (χ1) is 11.8. The molecule has 0 saturated heterocycles. The van der Waals surface area contributed by atoms with Gasteiger partial charge in [0.1, 0.15) is 5.82 Å². The first kappa shape index (κ1) is 16.8. The van der Waals surface area contributed by atoms with E-state index in [1.807, 2.05) is 6.92 Å². The molecule has 128 valence electrons. The van der Waals surface area contributed by atoms with Crippen LogP contribution in [0.4, 0.5) is 4.39 Å². The van der Waals surface area contributed by atoms with E-state index >= 15 is 0 Å². The highest BCUT2D eigenvalue weighted by Crippen LogP contribution is 2.31. The fraction of sp³-hybridized carbons (Fsp3) is 0.211. The summed E-state index contributed by atoms with van der Waals surface area (Å²) in [5.41, 5.74) is 3.94. The van der Waals surface area contributed by atoms with Crippen LogP contribution in [0.3, 0.4) is 0 Å². The molecule has 0 aliphatic heterocycles. The van der Waals surface area contributed by atoms with E-state index in [0.29, 0.717) is 11.1 Å². The molecule has 5 nitrogen and oxygen atoms in total. The molecule has 6 heteroatoms. The number of halogens is 1. The van der Waals surface area contributed by atoms with Gasteiger partial charge in [-0.25, -0.2) is 9.18 Å². The summed E-state index contributed by atoms with van der Waals surface area (Å²) in [6.07, 6.45) is 0. The summed E-state index contributed by atoms with van der Waals surface area (Å²) in [6, 6.07) is 6.43. The quantitative estimate of drug-likeness (QED) is 0.761. The van der Waals surface area contributed by atoms with E-state index in [-0.39, 0.29) is 22.8 Å². The summed E-state index contributed by atoms with van der Waals surface area (Å²) in [5.74, 6) is -1.15. The predicted octanol–water partition coefficient (Wildman–Crippen LogP) is 4.47. The molecular weight excluding hydrogens is 323 g/mol. The predicted molar refractivity (Wildman–Crippen MR) is 91.0 cm³/mol. The molecule has 0 saturated carbocycles. The number of carbonyl (C=O) groups is 1. The highest BCUT2D eigenvalue weighted by Gasteiger charge is 2.20. The van der Waals surface area contributed by atoms with Crippen LogP contribution in [0.25, 0.3) is 22.8 Å². The van der Waals surface area contributed by atoms with Crippen LogP contribution in [0.1, 0.15) is 32.6 Å². The molecule has 2 aromatic carbocycles. The molecule has 25 heavy (non-hydrogen) atoms. The Morgan fingerprint density at radius 2 is 1.84 bits per heavy atom. The minimum Gasteiger partial charge on any atom is -0.478 e. The summed E-state index contributed by atoms with van der Waals surface area (Å²) < 4.78 is 19.5. The van der Waals surface area contributed by atoms with Crippen molar-refractivity contribution in [2.24, 2.45) is 0 Å². The molecule has 0 fully saturated rings. The maximum atomic E-state index is 14.2. The van der Waals surface area contributed by atoms with Crippen molar-refractivity contribution < 1.29 is 18.8 Å². The van der Waals surface area contributed by atoms with Gasteiger partial charge in [0.2, 0.25) is 5.82 Å². The zero-order valence-corrected chi connectivity index (χ0v) is 14.3. The number of hydrogen-bond donors (Lipinski definition) is 1. The lowest BCUT2D eigenvalue weighted by molar-refractivity contribution is 0.0696. The Balaban J connectivity index is 2.16. The van der Waals surface area contributed by atoms with Crippen molar-refractivity contribution >= 4 is 5.97 Å². The monoisotopic (exact) mass is 340 g/mol. The first-order valence-electron chi connectivity index (χ1n) is 7.74. The van der Waals surface area contributed by atoms with Crippen molar-refractivity contribution in [3.63, 3.8) is 0 Å². The first-order valence-corrected chi connectivity index (χ1v) is 7.74. The summed E-state index contributed by atoms with van der Waals surface area (Å²) >= 11 is 0. The summed E-state index contributed by atoms with van der Waals surface area (Å²) in [6.45, 7) is 7.14. The number of carboxylic acid groups (broad SMARTS) is 1. The second kappa shape index (κ2) is 6.12. The van der Waals surface area contributed by atoms with Gasteiger partial charge in [0.25, 0.3) is 5.89 Å². The molecule has 1 aromatic heterocycles. The molecule has 0 atom stereocenters. The number of aromatic nitrogens is 2. The molecule has 0 unspecified atom stereocenters. The van der Waals surface area contributed by atoms with E-state index in [1.165, 1.54) is 6.07 Å². The number of aromatic carboxylic acids is 1. The van der Waals surface area contributed by atoms with Crippen LogP contribution >= 0.6 is 0 Å². The van der Waals surface area contributed by atoms with Crippen LogP contribution in [-0.4, -0.2) is 21.2 Å². The van der Waals surface area contributed by atoms with E-state index in [2.05, 4.69) is 10.1 Å². The molecule has 3 aromatic rings. The van der Waals surface area contributed by atoms with Crippen molar-refractivity contribution in [3.05, 3.63) is 57.9 Å². The Morgan fingerprint density at radius 1 is 1.12 bits per heavy atom. The van der Waals surface area contributed by atoms with Crippen molar-refractivity contribution in [2.45, 2.75) is 27.7 Å². The van der Waals surface area contributed by atoms with Gasteiger partial charge >= 0.3 is 5.97 Å². The lowest BCUT2D eigenvalue weighted by Gasteiger charge is -2.07. The van der Waals surface area contributed by atoms with Gasteiger partial charge in [0.05, 0.1) is 11.1 Å². The van der Waals surface area contributed by atoms with Crippen molar-refractivity contribution in [3.8, 4) is 22.8 Å². The molecule has 0 radical (unpaired) electrons. The molecule has 0 aliphatic rings. The molecule has 0 bridgehead atoms. The highest BCUT2D eigenvalue weighted by molar-refractivity contribution is 5.92. The standard InChI is InChI=1S/C19H17FN2O3/c1-9-7-13(12(4)14(8-9)19(23)24)17-21-18(25-22-17)16-11(3)10(2)5-6-15(16)20/h5-8H,1-4H3,(H,23,24). The number of hydrogen-bond acceptors (Lipinski definition) is 4. The minimum atomic E-state index is -1.02. The fourth-order valence-corrected chi connectivity index (χ4v) is 2.79. The van der Waals surface area contributed by atoms with Crippen molar-refractivity contribution in [1.82, 2.24) is 10.1 Å². The van der Waals surface area contributed by atoms with E-state index in [1.54, 1.807) is 39.0 Å². The Kier molecular flexibility index (Phi) is 4.12. The van der Waals surface area contributed by atoms with Gasteiger partial charge in [0.15, 0.2) is 0 Å². The number of nitrogens with zero attached hydrogens (tertiary/aromatic N) is 2. The highest BCUT2D eigenvalue weighted by atomic mass is 19.1. The Hall–Kier alpha value is -3.02. The van der Waals surface area contributed by atoms with Gasteiger partial charge < -0.3 is 9.63 Å². The zero-order chi connectivity index (χ0) is 18.3. The second-order valence-corrected chi connectivity index (χ2v) is 6.08. The molecule has 3 rings (SSSR count). The number of carboxylic acids is 1. The average molecular weight is 340 g/mol. The van der Waals surface area contributed by atoms with Gasteiger partial charge in [0, 0.05) is 5.56 Å². The lowest BCUT2D eigenvalue weighted by Crippen LogP contribution is -2.02. The van der Waals surface area contributed by atoms with Crippen molar-refractivity contribution in [2.75, 3.05) is 0 Å². The molecule has 0 aliphatic carbocycles. The van der Waals surface area contributed by atoms with Gasteiger partial charge in [-0.3, -0.25) is 0 Å². The molecule has 1 N–H and O–H groups in total. The van der Waals surface area contributed by atoms with Gasteiger partial charge in [-0.05, 0) is 68.1 Å². The topological polar surface area (TPSA) is 76.2 Å². The molecule has 0 spiro atoms. The summed E-state index contributed by atoms with van der Waals surface area (Å²) in [4.78, 5) is 15.7. The SMILES string of the molecule is Cc1cc(C(=O)O)c(C)c(-c2noc(-c3c(F)ccc(C)c3C)n2)c1. The molecular formula is C19H17FN2O3. The molecule has 1 heterocycles. The van der Waals surface area contributed by atoms with Gasteiger partial charge in [-0.2, -0.15) is 4.98 Å². The van der Waals surface area contributed by atoms with Crippen LogP contribution in [0, 0.1) is 33.5 Å². The largest absolute Gasteiger partial charge is 0.478 e. The van der Waals surface area contributed by atoms with Crippen LogP contribution in [0.15, 0.2) is 28.8 Å². The Morgan fingerprint density at radius 3 is 2.52 bits per heavy atom.